The second kappa shape index (κ2) is 8.78. The van der Waals surface area contributed by atoms with E-state index < -0.39 is 18.8 Å². The van der Waals surface area contributed by atoms with Crippen molar-refractivity contribution in [3.05, 3.63) is 52.8 Å². The smallest absolute Gasteiger partial charge is 0.319 e. The van der Waals surface area contributed by atoms with E-state index in [4.69, 9.17) is 0 Å². The molecule has 1 atom stereocenters. The second-order valence-corrected chi connectivity index (χ2v) is 6.24. The minimum absolute atomic E-state index is 0.105. The third-order valence-corrected chi connectivity index (χ3v) is 4.13. The first kappa shape index (κ1) is 19.7. The molecule has 0 fully saturated rings. The van der Waals surface area contributed by atoms with Gasteiger partial charge in [0.1, 0.15) is 0 Å². The van der Waals surface area contributed by atoms with Gasteiger partial charge in [0.25, 0.3) is 5.56 Å². The molecule has 0 N–H and O–H groups in total. The van der Waals surface area contributed by atoms with Crippen molar-refractivity contribution in [2.24, 2.45) is 0 Å². The number of halogens is 3. The summed E-state index contributed by atoms with van der Waals surface area (Å²) in [6, 6.07) is 4.03. The van der Waals surface area contributed by atoms with Crippen LogP contribution >= 0.6 is 11.8 Å². The fraction of sp³-hybridized carbons (Fsp3) is 0.250. The lowest BCUT2D eigenvalue weighted by atomic mass is 10.2. The summed E-state index contributed by atoms with van der Waals surface area (Å²) in [5.74, 6) is 0. The van der Waals surface area contributed by atoms with Gasteiger partial charge in [-0.25, -0.2) is 23.4 Å². The standard InChI is InChI=1S/C16H13F3N6O2S/c1-28-11-4-10(23-22-7-11)8-25-13(26)3-2-12(24-25)9-5-20-16(21-6-9)27-15(19)14(17)18/h2-7,14-15H,8H2,1H3. The molecule has 3 aromatic rings. The molecule has 0 radical (unpaired) electrons. The third kappa shape index (κ3) is 4.82. The van der Waals surface area contributed by atoms with E-state index in [2.05, 4.69) is 30.0 Å². The Balaban J connectivity index is 1.81. The van der Waals surface area contributed by atoms with Gasteiger partial charge in [-0.05, 0) is 18.4 Å². The van der Waals surface area contributed by atoms with E-state index in [0.717, 1.165) is 4.90 Å². The first-order valence-electron chi connectivity index (χ1n) is 7.81. The van der Waals surface area contributed by atoms with E-state index in [0.29, 0.717) is 17.0 Å². The minimum atomic E-state index is -3.30. The van der Waals surface area contributed by atoms with E-state index in [9.17, 15) is 18.0 Å². The molecular formula is C16H13F3N6O2S. The number of aromatic nitrogens is 6. The Hall–Kier alpha value is -3.02. The topological polar surface area (TPSA) is 95.7 Å². The summed E-state index contributed by atoms with van der Waals surface area (Å²) in [5, 5.41) is 12.1. The fourth-order valence-electron chi connectivity index (χ4n) is 2.11. The van der Waals surface area contributed by atoms with Crippen LogP contribution in [0.5, 0.6) is 6.01 Å². The molecule has 1 unspecified atom stereocenters. The largest absolute Gasteiger partial charge is 0.422 e. The molecule has 146 valence electrons. The van der Waals surface area contributed by atoms with Crippen molar-refractivity contribution in [2.75, 3.05) is 6.26 Å². The minimum Gasteiger partial charge on any atom is -0.422 e. The number of rotatable bonds is 7. The molecule has 0 saturated carbocycles. The van der Waals surface area contributed by atoms with Crippen LogP contribution in [0.25, 0.3) is 11.3 Å². The number of hydrogen-bond donors (Lipinski definition) is 0. The molecule has 0 aliphatic rings. The van der Waals surface area contributed by atoms with E-state index in [1.165, 1.54) is 41.0 Å². The van der Waals surface area contributed by atoms with Crippen LogP contribution in [0.1, 0.15) is 5.69 Å². The molecule has 0 amide bonds. The highest BCUT2D eigenvalue weighted by Crippen LogP contribution is 2.17. The molecule has 3 aromatic heterocycles. The molecule has 3 heterocycles. The highest BCUT2D eigenvalue weighted by Gasteiger charge is 2.22. The van der Waals surface area contributed by atoms with E-state index in [1.54, 1.807) is 12.3 Å². The first-order chi connectivity index (χ1) is 13.5. The molecule has 0 saturated heterocycles. The quantitative estimate of drug-likeness (QED) is 0.547. The highest BCUT2D eigenvalue weighted by molar-refractivity contribution is 7.98. The third-order valence-electron chi connectivity index (χ3n) is 3.43. The van der Waals surface area contributed by atoms with Gasteiger partial charge in [0.15, 0.2) is 0 Å². The lowest BCUT2D eigenvalue weighted by Crippen LogP contribution is -2.23. The monoisotopic (exact) mass is 410 g/mol. The molecule has 0 bridgehead atoms. The number of thioether (sulfide) groups is 1. The van der Waals surface area contributed by atoms with Crippen molar-refractivity contribution in [3.63, 3.8) is 0 Å². The van der Waals surface area contributed by atoms with Gasteiger partial charge < -0.3 is 4.74 Å². The van der Waals surface area contributed by atoms with Gasteiger partial charge in [0.05, 0.1) is 24.1 Å². The molecular weight excluding hydrogens is 397 g/mol. The van der Waals surface area contributed by atoms with Crippen LogP contribution in [-0.4, -0.2) is 49.0 Å². The molecule has 12 heteroatoms. The van der Waals surface area contributed by atoms with Crippen LogP contribution in [0, 0.1) is 0 Å². The summed E-state index contributed by atoms with van der Waals surface area (Å²) in [6.07, 6.45) is -0.161. The summed E-state index contributed by atoms with van der Waals surface area (Å²) < 4.78 is 42.7. The average molecular weight is 410 g/mol. The Labute approximate surface area is 160 Å². The maximum atomic E-state index is 12.9. The predicted octanol–water partition coefficient (Wildman–Crippen LogP) is 2.20. The molecule has 3 rings (SSSR count). The Bertz CT molecular complexity index is 1000. The zero-order chi connectivity index (χ0) is 20.1. The average Bonchev–Trinajstić information content (AvgIpc) is 2.70. The lowest BCUT2D eigenvalue weighted by Gasteiger charge is -2.09. The number of hydrogen-bond acceptors (Lipinski definition) is 8. The van der Waals surface area contributed by atoms with Gasteiger partial charge in [-0.2, -0.15) is 19.7 Å². The molecule has 0 aliphatic heterocycles. The van der Waals surface area contributed by atoms with Crippen molar-refractivity contribution >= 4 is 11.8 Å². The van der Waals surface area contributed by atoms with Gasteiger partial charge in [0.2, 0.25) is 0 Å². The van der Waals surface area contributed by atoms with Crippen molar-refractivity contribution in [2.45, 2.75) is 24.2 Å². The van der Waals surface area contributed by atoms with Crippen molar-refractivity contribution < 1.29 is 17.9 Å². The predicted molar refractivity (Wildman–Crippen MR) is 94.0 cm³/mol. The second-order valence-electron chi connectivity index (χ2n) is 5.36. The van der Waals surface area contributed by atoms with Gasteiger partial charge in [0, 0.05) is 28.9 Å². The van der Waals surface area contributed by atoms with E-state index >= 15 is 0 Å². The van der Waals surface area contributed by atoms with Gasteiger partial charge >= 0.3 is 18.8 Å². The molecule has 8 nitrogen and oxygen atoms in total. The maximum Gasteiger partial charge on any atom is 0.319 e. The number of alkyl halides is 3. The Morgan fingerprint density at radius 1 is 1.18 bits per heavy atom. The number of nitrogens with zero attached hydrogens (tertiary/aromatic N) is 6. The highest BCUT2D eigenvalue weighted by atomic mass is 32.2. The van der Waals surface area contributed by atoms with Crippen LogP contribution in [-0.2, 0) is 6.54 Å². The molecule has 0 aliphatic carbocycles. The fourth-order valence-corrected chi connectivity index (χ4v) is 2.52. The Kier molecular flexibility index (Phi) is 6.19. The van der Waals surface area contributed by atoms with Crippen LogP contribution < -0.4 is 10.3 Å². The van der Waals surface area contributed by atoms with Crippen LogP contribution in [0.2, 0.25) is 0 Å². The molecule has 0 spiro atoms. The normalized spacial score (nSPS) is 12.2. The summed E-state index contributed by atoms with van der Waals surface area (Å²) in [7, 11) is 0. The first-order valence-corrected chi connectivity index (χ1v) is 9.04. The van der Waals surface area contributed by atoms with Crippen molar-refractivity contribution in [1.29, 1.82) is 0 Å². The zero-order valence-corrected chi connectivity index (χ0v) is 15.2. The van der Waals surface area contributed by atoms with Crippen LogP contribution in [0.15, 0.2) is 46.5 Å². The Morgan fingerprint density at radius 2 is 1.93 bits per heavy atom. The van der Waals surface area contributed by atoms with Crippen LogP contribution in [0.4, 0.5) is 13.2 Å². The summed E-state index contributed by atoms with van der Waals surface area (Å²) in [4.78, 5) is 20.3. The molecule has 0 aromatic carbocycles. The lowest BCUT2D eigenvalue weighted by molar-refractivity contribution is -0.0713. The van der Waals surface area contributed by atoms with Gasteiger partial charge in [-0.3, -0.25) is 4.79 Å². The number of ether oxygens (including phenoxy) is 1. The zero-order valence-electron chi connectivity index (χ0n) is 14.4. The van der Waals surface area contributed by atoms with Gasteiger partial charge in [-0.15, -0.1) is 11.8 Å². The SMILES string of the molecule is CSc1cnnc(Cn2nc(-c3cnc(OC(F)C(F)F)nc3)ccc2=O)c1. The van der Waals surface area contributed by atoms with Crippen LogP contribution in [0.3, 0.4) is 0 Å². The molecule has 28 heavy (non-hydrogen) atoms. The summed E-state index contributed by atoms with van der Waals surface area (Å²) in [5.41, 5.74) is 0.945. The van der Waals surface area contributed by atoms with E-state index in [-0.39, 0.29) is 12.1 Å². The summed E-state index contributed by atoms with van der Waals surface area (Å²) >= 11 is 1.49. The maximum absolute atomic E-state index is 12.9. The van der Waals surface area contributed by atoms with Gasteiger partial charge in [-0.1, -0.05) is 0 Å². The van der Waals surface area contributed by atoms with E-state index in [1.807, 2.05) is 6.26 Å². The van der Waals surface area contributed by atoms with Crippen molar-refractivity contribution in [3.8, 4) is 17.3 Å². The Morgan fingerprint density at radius 3 is 2.61 bits per heavy atom. The summed E-state index contributed by atoms with van der Waals surface area (Å²) in [6.45, 7) is 0.105. The van der Waals surface area contributed by atoms with Crippen molar-refractivity contribution in [1.82, 2.24) is 29.9 Å².